The number of ether oxygens (including phenoxy) is 2. The first-order chi connectivity index (χ1) is 11.2. The molecular formula is C19H19NO3. The normalized spacial score (nSPS) is 12.3. The number of nitrogens with zero attached hydrogens (tertiary/aromatic N) is 1. The van der Waals surface area contributed by atoms with Gasteiger partial charge in [-0.25, -0.2) is 0 Å². The Balaban J connectivity index is 2.30. The van der Waals surface area contributed by atoms with Gasteiger partial charge in [-0.05, 0) is 43.5 Å². The van der Waals surface area contributed by atoms with E-state index < -0.39 is 5.92 Å². The van der Waals surface area contributed by atoms with E-state index in [1.54, 1.807) is 14.0 Å². The fourth-order valence-electron chi connectivity index (χ4n) is 2.79. The average Bonchev–Trinajstić information content (AvgIpc) is 2.60. The predicted molar refractivity (Wildman–Crippen MR) is 90.8 cm³/mol. The molecule has 0 aliphatic rings. The van der Waals surface area contributed by atoms with Crippen LogP contribution in [0.3, 0.4) is 0 Å². The van der Waals surface area contributed by atoms with E-state index in [1.165, 1.54) is 0 Å². The molecular weight excluding hydrogens is 290 g/mol. The highest BCUT2D eigenvalue weighted by Crippen LogP contribution is 2.33. The van der Waals surface area contributed by atoms with Crippen molar-refractivity contribution in [2.24, 2.45) is 0 Å². The van der Waals surface area contributed by atoms with Gasteiger partial charge in [-0.2, -0.15) is 0 Å². The summed E-state index contributed by atoms with van der Waals surface area (Å²) >= 11 is 0. The number of rotatable bonds is 4. The molecule has 0 radical (unpaired) electrons. The lowest BCUT2D eigenvalue weighted by atomic mass is 9.97. The molecule has 2 aromatic carbocycles. The number of methoxy groups -OCH3 is 1. The summed E-state index contributed by atoms with van der Waals surface area (Å²) in [5.41, 5.74) is 1.59. The molecule has 0 aliphatic carbocycles. The van der Waals surface area contributed by atoms with Gasteiger partial charge in [0.15, 0.2) is 0 Å². The number of hydrogen-bond acceptors (Lipinski definition) is 4. The fourth-order valence-corrected chi connectivity index (χ4v) is 2.79. The first kappa shape index (κ1) is 15.3. The molecule has 1 heterocycles. The monoisotopic (exact) mass is 309 g/mol. The Morgan fingerprint density at radius 3 is 2.65 bits per heavy atom. The third-order valence-corrected chi connectivity index (χ3v) is 3.99. The smallest absolute Gasteiger partial charge is 0.314 e. The molecule has 0 fully saturated rings. The first-order valence-corrected chi connectivity index (χ1v) is 7.68. The van der Waals surface area contributed by atoms with Crippen molar-refractivity contribution in [2.75, 3.05) is 13.7 Å². The van der Waals surface area contributed by atoms with Gasteiger partial charge in [0.25, 0.3) is 0 Å². The van der Waals surface area contributed by atoms with Gasteiger partial charge in [0.1, 0.15) is 5.75 Å². The van der Waals surface area contributed by atoms with Crippen molar-refractivity contribution in [2.45, 2.75) is 19.8 Å². The number of para-hydroxylation sites is 1. The molecule has 23 heavy (non-hydrogen) atoms. The predicted octanol–water partition coefficient (Wildman–Crippen LogP) is 4.06. The zero-order chi connectivity index (χ0) is 16.4. The van der Waals surface area contributed by atoms with Gasteiger partial charge in [0.05, 0.1) is 30.8 Å². The molecule has 1 aromatic heterocycles. The van der Waals surface area contributed by atoms with Crippen LogP contribution in [0.1, 0.15) is 25.5 Å². The summed E-state index contributed by atoms with van der Waals surface area (Å²) in [6.45, 7) is 3.99. The Labute approximate surface area is 135 Å². The van der Waals surface area contributed by atoms with Gasteiger partial charge in [-0.15, -0.1) is 0 Å². The number of carbonyl (C=O) groups is 1. The maximum absolute atomic E-state index is 12.2. The first-order valence-electron chi connectivity index (χ1n) is 7.68. The highest BCUT2D eigenvalue weighted by atomic mass is 16.5. The van der Waals surface area contributed by atoms with Crippen molar-refractivity contribution in [3.8, 4) is 5.75 Å². The average molecular weight is 309 g/mol. The van der Waals surface area contributed by atoms with Gasteiger partial charge in [-0.3, -0.25) is 9.78 Å². The quantitative estimate of drug-likeness (QED) is 0.538. The van der Waals surface area contributed by atoms with Crippen LogP contribution in [0.4, 0.5) is 0 Å². The van der Waals surface area contributed by atoms with Crippen molar-refractivity contribution in [3.63, 3.8) is 0 Å². The van der Waals surface area contributed by atoms with E-state index in [1.807, 2.05) is 49.4 Å². The van der Waals surface area contributed by atoms with E-state index in [4.69, 9.17) is 14.5 Å². The van der Waals surface area contributed by atoms with Crippen molar-refractivity contribution in [1.29, 1.82) is 0 Å². The molecule has 3 aromatic rings. The molecule has 0 amide bonds. The van der Waals surface area contributed by atoms with Crippen LogP contribution >= 0.6 is 0 Å². The lowest BCUT2D eigenvalue weighted by Crippen LogP contribution is -2.14. The number of esters is 1. The number of benzene rings is 2. The summed E-state index contributed by atoms with van der Waals surface area (Å²) in [4.78, 5) is 16.9. The second-order valence-corrected chi connectivity index (χ2v) is 5.40. The van der Waals surface area contributed by atoms with Crippen molar-refractivity contribution >= 4 is 27.6 Å². The third-order valence-electron chi connectivity index (χ3n) is 3.99. The van der Waals surface area contributed by atoms with E-state index >= 15 is 0 Å². The number of hydrogen-bond donors (Lipinski definition) is 0. The lowest BCUT2D eigenvalue weighted by Gasteiger charge is -2.15. The van der Waals surface area contributed by atoms with Crippen LogP contribution in [0.2, 0.25) is 0 Å². The largest absolute Gasteiger partial charge is 0.497 e. The number of aromatic nitrogens is 1. The van der Waals surface area contributed by atoms with Gasteiger partial charge in [-0.1, -0.05) is 18.2 Å². The molecule has 1 atom stereocenters. The summed E-state index contributed by atoms with van der Waals surface area (Å²) in [5.74, 6) is 0.0421. The molecule has 0 saturated carbocycles. The van der Waals surface area contributed by atoms with Gasteiger partial charge >= 0.3 is 5.97 Å². The number of carbonyl (C=O) groups excluding carboxylic acids is 1. The summed E-state index contributed by atoms with van der Waals surface area (Å²) < 4.78 is 10.5. The second-order valence-electron chi connectivity index (χ2n) is 5.40. The Kier molecular flexibility index (Phi) is 4.15. The fraction of sp³-hybridized carbons (Fsp3) is 0.263. The van der Waals surface area contributed by atoms with E-state index in [-0.39, 0.29) is 5.97 Å². The van der Waals surface area contributed by atoms with Crippen LogP contribution < -0.4 is 4.74 Å². The Bertz CT molecular complexity index is 873. The van der Waals surface area contributed by atoms with E-state index in [0.29, 0.717) is 6.61 Å². The van der Waals surface area contributed by atoms with Crippen LogP contribution in [0.5, 0.6) is 5.75 Å². The minimum atomic E-state index is -0.436. The Morgan fingerprint density at radius 1 is 1.13 bits per heavy atom. The summed E-state index contributed by atoms with van der Waals surface area (Å²) in [5, 5.41) is 3.04. The third kappa shape index (κ3) is 2.72. The molecule has 4 heteroatoms. The lowest BCUT2D eigenvalue weighted by molar-refractivity contribution is -0.144. The van der Waals surface area contributed by atoms with Crippen LogP contribution in [-0.2, 0) is 9.53 Å². The van der Waals surface area contributed by atoms with Gasteiger partial charge in [0.2, 0.25) is 0 Å². The molecule has 0 saturated heterocycles. The zero-order valence-electron chi connectivity index (χ0n) is 13.5. The summed E-state index contributed by atoms with van der Waals surface area (Å²) in [7, 11) is 1.63. The zero-order valence-corrected chi connectivity index (χ0v) is 13.5. The van der Waals surface area contributed by atoms with E-state index in [2.05, 4.69) is 0 Å². The van der Waals surface area contributed by atoms with E-state index in [0.717, 1.165) is 33.1 Å². The standard InChI is InChI=1S/C19H19NO3/c1-4-23-19(21)12(2)18-16-11-13(22-3)9-10-14(16)15-7-5-6-8-17(15)20-18/h5-12H,4H2,1-3H3/t12-/m0/s1. The van der Waals surface area contributed by atoms with Crippen molar-refractivity contribution in [3.05, 3.63) is 48.2 Å². The minimum absolute atomic E-state index is 0.264. The maximum atomic E-state index is 12.2. The molecule has 0 aliphatic heterocycles. The summed E-state index contributed by atoms with van der Waals surface area (Å²) in [6.07, 6.45) is 0. The van der Waals surface area contributed by atoms with Crippen LogP contribution in [0.25, 0.3) is 21.7 Å². The minimum Gasteiger partial charge on any atom is -0.497 e. The van der Waals surface area contributed by atoms with Crippen molar-refractivity contribution in [1.82, 2.24) is 4.98 Å². The molecule has 0 N–H and O–H groups in total. The molecule has 0 unspecified atom stereocenters. The van der Waals surface area contributed by atoms with Crippen LogP contribution in [0.15, 0.2) is 42.5 Å². The Morgan fingerprint density at radius 2 is 1.91 bits per heavy atom. The molecule has 0 spiro atoms. The molecule has 4 nitrogen and oxygen atoms in total. The molecule has 0 bridgehead atoms. The van der Waals surface area contributed by atoms with Gasteiger partial charge < -0.3 is 9.47 Å². The molecule has 118 valence electrons. The highest BCUT2D eigenvalue weighted by molar-refractivity contribution is 6.08. The SMILES string of the molecule is CCOC(=O)[C@@H](C)c1nc2ccccc2c2ccc(OC)cc12. The molecule has 3 rings (SSSR count). The Hall–Kier alpha value is -2.62. The maximum Gasteiger partial charge on any atom is 0.314 e. The van der Waals surface area contributed by atoms with Crippen LogP contribution in [-0.4, -0.2) is 24.7 Å². The van der Waals surface area contributed by atoms with Crippen molar-refractivity contribution < 1.29 is 14.3 Å². The van der Waals surface area contributed by atoms with Crippen LogP contribution in [0, 0.1) is 0 Å². The highest BCUT2D eigenvalue weighted by Gasteiger charge is 2.22. The van der Waals surface area contributed by atoms with Gasteiger partial charge in [0, 0.05) is 10.8 Å². The summed E-state index contributed by atoms with van der Waals surface area (Å²) in [6, 6.07) is 13.8. The number of pyridine rings is 1. The second kappa shape index (κ2) is 6.24. The number of fused-ring (bicyclic) bond motifs is 3. The van der Waals surface area contributed by atoms with E-state index in [9.17, 15) is 4.79 Å². The topological polar surface area (TPSA) is 48.4 Å².